The van der Waals surface area contributed by atoms with Crippen LogP contribution in [0.2, 0.25) is 0 Å². The summed E-state index contributed by atoms with van der Waals surface area (Å²) >= 11 is 0. The zero-order valence-electron chi connectivity index (χ0n) is 14.2. The Bertz CT molecular complexity index is 717. The summed E-state index contributed by atoms with van der Waals surface area (Å²) < 4.78 is 0. The van der Waals surface area contributed by atoms with E-state index in [9.17, 15) is 14.7 Å². The second-order valence-corrected chi connectivity index (χ2v) is 8.39. The van der Waals surface area contributed by atoms with Crippen molar-refractivity contribution in [3.8, 4) is 0 Å². The lowest BCUT2D eigenvalue weighted by molar-refractivity contribution is -0.139. The molecule has 2 spiro atoms. The zero-order valence-corrected chi connectivity index (χ0v) is 14.2. The van der Waals surface area contributed by atoms with Crippen LogP contribution in [-0.2, 0) is 15.0 Å². The van der Waals surface area contributed by atoms with Crippen LogP contribution in [-0.4, -0.2) is 28.6 Å². The number of carboxylic acids is 1. The molecule has 0 aromatic heterocycles. The van der Waals surface area contributed by atoms with E-state index in [1.165, 1.54) is 0 Å². The van der Waals surface area contributed by atoms with E-state index in [2.05, 4.69) is 24.5 Å². The van der Waals surface area contributed by atoms with E-state index in [0.29, 0.717) is 6.42 Å². The number of benzene rings is 1. The molecule has 1 saturated heterocycles. The van der Waals surface area contributed by atoms with Crippen molar-refractivity contribution in [3.63, 3.8) is 0 Å². The van der Waals surface area contributed by atoms with E-state index in [1.54, 1.807) is 0 Å². The maximum atomic E-state index is 13.1. The lowest BCUT2D eigenvalue weighted by Crippen LogP contribution is -2.60. The van der Waals surface area contributed by atoms with Crippen LogP contribution in [0, 0.1) is 5.41 Å². The molecule has 24 heavy (non-hydrogen) atoms. The number of hydrogen-bond acceptors (Lipinski definition) is 3. The highest BCUT2D eigenvalue weighted by Gasteiger charge is 2.67. The van der Waals surface area contributed by atoms with Crippen LogP contribution in [0.25, 0.3) is 0 Å². The van der Waals surface area contributed by atoms with Crippen molar-refractivity contribution in [3.05, 3.63) is 29.8 Å². The van der Waals surface area contributed by atoms with E-state index in [4.69, 9.17) is 0 Å². The molecule has 0 radical (unpaired) electrons. The second-order valence-electron chi connectivity index (χ2n) is 8.39. The maximum absolute atomic E-state index is 13.1. The normalized spacial score (nSPS) is 32.8. The molecule has 1 saturated carbocycles. The Hall–Kier alpha value is -1.88. The number of carbonyl (C=O) groups is 2. The van der Waals surface area contributed by atoms with Crippen molar-refractivity contribution in [1.29, 1.82) is 0 Å². The van der Waals surface area contributed by atoms with Crippen molar-refractivity contribution in [1.82, 2.24) is 5.32 Å². The van der Waals surface area contributed by atoms with Gasteiger partial charge in [-0.15, -0.1) is 0 Å². The van der Waals surface area contributed by atoms with Crippen molar-refractivity contribution < 1.29 is 14.7 Å². The molecule has 2 heterocycles. The third-order valence-corrected chi connectivity index (χ3v) is 6.56. The number of fused-ring (bicyclic) bond motifs is 3. The topological polar surface area (TPSA) is 78.4 Å². The summed E-state index contributed by atoms with van der Waals surface area (Å²) in [7, 11) is 0. The summed E-state index contributed by atoms with van der Waals surface area (Å²) in [6.45, 7) is 4.50. The molecule has 2 aliphatic heterocycles. The molecule has 128 valence electrons. The van der Waals surface area contributed by atoms with Gasteiger partial charge in [-0.1, -0.05) is 32.0 Å². The lowest BCUT2D eigenvalue weighted by Gasteiger charge is -2.49. The number of carboxylic acid groups (broad SMARTS) is 1. The monoisotopic (exact) mass is 328 g/mol. The Labute approximate surface area is 141 Å². The van der Waals surface area contributed by atoms with Gasteiger partial charge in [0.05, 0.1) is 5.41 Å². The highest BCUT2D eigenvalue weighted by molar-refractivity contribution is 6.08. The Balaban J connectivity index is 1.86. The molecule has 3 aliphatic rings. The van der Waals surface area contributed by atoms with Crippen LogP contribution >= 0.6 is 0 Å². The van der Waals surface area contributed by atoms with E-state index < -0.39 is 23.0 Å². The van der Waals surface area contributed by atoms with Crippen molar-refractivity contribution in [2.75, 3.05) is 5.32 Å². The Morgan fingerprint density at radius 1 is 1.17 bits per heavy atom. The van der Waals surface area contributed by atoms with Crippen LogP contribution < -0.4 is 10.6 Å². The maximum Gasteiger partial charge on any atom is 0.320 e. The first kappa shape index (κ1) is 15.6. The molecule has 2 fully saturated rings. The molecule has 4 rings (SSSR count). The zero-order chi connectivity index (χ0) is 17.2. The van der Waals surface area contributed by atoms with Gasteiger partial charge in [0.25, 0.3) is 0 Å². The number of amides is 1. The van der Waals surface area contributed by atoms with Crippen LogP contribution in [0.3, 0.4) is 0 Å². The van der Waals surface area contributed by atoms with Gasteiger partial charge in [-0.2, -0.15) is 0 Å². The molecule has 0 bridgehead atoms. The number of nitrogens with one attached hydrogen (secondary N) is 2. The quantitative estimate of drug-likeness (QED) is 0.740. The highest BCUT2D eigenvalue weighted by Crippen LogP contribution is 2.58. The molecular weight excluding hydrogens is 304 g/mol. The minimum atomic E-state index is -0.867. The Morgan fingerprint density at radius 3 is 2.50 bits per heavy atom. The summed E-state index contributed by atoms with van der Waals surface area (Å²) in [5.74, 6) is -0.909. The van der Waals surface area contributed by atoms with Gasteiger partial charge >= 0.3 is 5.97 Å². The number of para-hydroxylation sites is 1. The van der Waals surface area contributed by atoms with Gasteiger partial charge in [-0.3, -0.25) is 14.9 Å². The van der Waals surface area contributed by atoms with Gasteiger partial charge in [0.15, 0.2) is 0 Å². The minimum Gasteiger partial charge on any atom is -0.480 e. The summed E-state index contributed by atoms with van der Waals surface area (Å²) in [6, 6.07) is 7.07. The molecule has 1 aromatic carbocycles. The van der Waals surface area contributed by atoms with Crippen LogP contribution in [0.15, 0.2) is 24.3 Å². The first-order valence-electron chi connectivity index (χ1n) is 8.71. The first-order valence-corrected chi connectivity index (χ1v) is 8.71. The Morgan fingerprint density at radius 2 is 1.83 bits per heavy atom. The van der Waals surface area contributed by atoms with Gasteiger partial charge in [-0.05, 0) is 49.1 Å². The van der Waals surface area contributed by atoms with Gasteiger partial charge < -0.3 is 10.4 Å². The fourth-order valence-electron chi connectivity index (χ4n) is 5.08. The summed E-state index contributed by atoms with van der Waals surface area (Å²) in [5, 5.41) is 16.0. The summed E-state index contributed by atoms with van der Waals surface area (Å²) in [6.07, 6.45) is 3.95. The predicted octanol–water partition coefficient (Wildman–Crippen LogP) is 2.66. The van der Waals surface area contributed by atoms with Crippen LogP contribution in [0.4, 0.5) is 5.69 Å². The minimum absolute atomic E-state index is 0.0420. The Kier molecular flexibility index (Phi) is 3.14. The standard InChI is InChI=1S/C19H24N2O3/c1-17(2)7-9-18(10-8-17)19(11-14(21-18)15(22)23)12-5-3-4-6-13(12)20-16(19)24/h3-6,14,21H,7-11H2,1-2H3,(H,20,24)(H,22,23)/t14-,19?/m0/s1. The van der Waals surface area contributed by atoms with Gasteiger partial charge in [0.1, 0.15) is 6.04 Å². The third-order valence-electron chi connectivity index (χ3n) is 6.56. The fraction of sp³-hybridized carbons (Fsp3) is 0.579. The predicted molar refractivity (Wildman–Crippen MR) is 90.9 cm³/mol. The van der Waals surface area contributed by atoms with Gasteiger partial charge in [0.2, 0.25) is 5.91 Å². The van der Waals surface area contributed by atoms with Crippen LogP contribution in [0.5, 0.6) is 0 Å². The summed E-state index contributed by atoms with van der Waals surface area (Å²) in [4.78, 5) is 24.8. The second kappa shape index (κ2) is 4.82. The van der Waals surface area contributed by atoms with E-state index >= 15 is 0 Å². The SMILES string of the molecule is CC1(C)CCC2(CC1)N[C@H](C(=O)O)CC21C(=O)Nc2ccccc21. The number of anilines is 1. The van der Waals surface area contributed by atoms with E-state index in [1.807, 2.05) is 24.3 Å². The third kappa shape index (κ3) is 1.91. The average Bonchev–Trinajstić information content (AvgIpc) is 3.02. The first-order chi connectivity index (χ1) is 11.3. The smallest absolute Gasteiger partial charge is 0.320 e. The average molecular weight is 328 g/mol. The molecule has 1 aromatic rings. The largest absolute Gasteiger partial charge is 0.480 e. The van der Waals surface area contributed by atoms with E-state index in [0.717, 1.165) is 36.9 Å². The van der Waals surface area contributed by atoms with E-state index in [-0.39, 0.29) is 11.3 Å². The number of hydrogen-bond donors (Lipinski definition) is 3. The van der Waals surface area contributed by atoms with Crippen molar-refractivity contribution in [2.45, 2.75) is 62.9 Å². The van der Waals surface area contributed by atoms with Crippen molar-refractivity contribution in [2.24, 2.45) is 5.41 Å². The summed E-state index contributed by atoms with van der Waals surface area (Å²) in [5.41, 5.74) is 0.792. The molecule has 1 aliphatic carbocycles. The molecule has 5 nitrogen and oxygen atoms in total. The van der Waals surface area contributed by atoms with Crippen molar-refractivity contribution >= 4 is 17.6 Å². The molecule has 2 atom stereocenters. The number of carbonyl (C=O) groups excluding carboxylic acids is 1. The molecule has 1 unspecified atom stereocenters. The fourth-order valence-corrected chi connectivity index (χ4v) is 5.08. The van der Waals surface area contributed by atoms with Crippen LogP contribution in [0.1, 0.15) is 51.5 Å². The molecule has 1 amide bonds. The van der Waals surface area contributed by atoms with Gasteiger partial charge in [0, 0.05) is 11.2 Å². The number of rotatable bonds is 1. The highest BCUT2D eigenvalue weighted by atomic mass is 16.4. The molecule has 5 heteroatoms. The lowest BCUT2D eigenvalue weighted by atomic mass is 9.57. The van der Waals surface area contributed by atoms with Gasteiger partial charge in [-0.25, -0.2) is 0 Å². The molecule has 3 N–H and O–H groups in total. The number of aliphatic carboxylic acids is 1. The molecular formula is C19H24N2O3.